The van der Waals surface area contributed by atoms with Gasteiger partial charge in [0.05, 0.1) is 7.11 Å². The van der Waals surface area contributed by atoms with Crippen LogP contribution in [0.15, 0.2) is 18.2 Å². The second-order valence-electron chi connectivity index (χ2n) is 3.76. The van der Waals surface area contributed by atoms with Crippen molar-refractivity contribution in [3.05, 3.63) is 29.3 Å². The van der Waals surface area contributed by atoms with Crippen molar-refractivity contribution < 1.29 is 9.84 Å². The monoisotopic (exact) mass is 209 g/mol. The van der Waals surface area contributed by atoms with E-state index in [0.717, 1.165) is 23.3 Å². The predicted molar refractivity (Wildman–Crippen MR) is 61.0 cm³/mol. The van der Waals surface area contributed by atoms with Crippen LogP contribution in [0.3, 0.4) is 0 Å². The number of methoxy groups -OCH3 is 1. The van der Waals surface area contributed by atoms with Crippen LogP contribution >= 0.6 is 0 Å². The summed E-state index contributed by atoms with van der Waals surface area (Å²) in [6, 6.07) is 5.78. The molecule has 1 aromatic rings. The molecule has 15 heavy (non-hydrogen) atoms. The number of benzene rings is 1. The van der Waals surface area contributed by atoms with Crippen LogP contribution in [0, 0.1) is 0 Å². The molecule has 1 rings (SSSR count). The number of aliphatic hydroxyl groups is 1. The minimum atomic E-state index is -0.554. The second kappa shape index (κ2) is 5.14. The highest BCUT2D eigenvalue weighted by molar-refractivity contribution is 5.37. The molecule has 0 amide bonds. The van der Waals surface area contributed by atoms with E-state index in [0.29, 0.717) is 0 Å². The molecule has 0 fully saturated rings. The summed E-state index contributed by atoms with van der Waals surface area (Å²) >= 11 is 0. The Balaban J connectivity index is 3.02. The van der Waals surface area contributed by atoms with Gasteiger partial charge in [-0.15, -0.1) is 0 Å². The molecule has 0 aliphatic rings. The molecule has 1 N–H and O–H groups in total. The molecule has 1 atom stereocenters. The Hall–Kier alpha value is -1.06. The van der Waals surface area contributed by atoms with Crippen LogP contribution in [-0.2, 0) is 6.42 Å². The van der Waals surface area contributed by atoms with Crippen LogP contribution in [0.25, 0.3) is 0 Å². The van der Waals surface area contributed by atoms with Crippen LogP contribution < -0.4 is 4.74 Å². The molecule has 0 bridgehead atoms. The first-order chi connectivity index (χ1) is 7.10. The minimum Gasteiger partial charge on any atom is -0.496 e. The zero-order chi connectivity index (χ0) is 11.4. The Bertz CT molecular complexity index is 323. The molecule has 0 saturated carbocycles. The summed E-state index contributed by atoms with van der Waals surface area (Å²) in [4.78, 5) is 1.77. The fourth-order valence-electron chi connectivity index (χ4n) is 1.53. The van der Waals surface area contributed by atoms with Crippen molar-refractivity contribution in [2.24, 2.45) is 0 Å². The van der Waals surface area contributed by atoms with Crippen LogP contribution in [0.1, 0.15) is 24.3 Å². The number of hydrogen-bond donors (Lipinski definition) is 1. The Morgan fingerprint density at radius 3 is 2.53 bits per heavy atom. The molecule has 0 heterocycles. The summed E-state index contributed by atoms with van der Waals surface area (Å²) < 4.78 is 5.24. The van der Waals surface area contributed by atoms with Gasteiger partial charge in [0.1, 0.15) is 12.0 Å². The molecule has 0 radical (unpaired) electrons. The van der Waals surface area contributed by atoms with Gasteiger partial charge in [-0.3, -0.25) is 4.90 Å². The maximum atomic E-state index is 9.87. The van der Waals surface area contributed by atoms with E-state index in [-0.39, 0.29) is 0 Å². The van der Waals surface area contributed by atoms with E-state index in [1.807, 2.05) is 32.3 Å². The summed E-state index contributed by atoms with van der Waals surface area (Å²) in [5.74, 6) is 0.882. The molecule has 0 aliphatic carbocycles. The Labute approximate surface area is 91.3 Å². The maximum absolute atomic E-state index is 9.87. The van der Waals surface area contributed by atoms with Gasteiger partial charge in [-0.1, -0.05) is 13.0 Å². The third-order valence-corrected chi connectivity index (χ3v) is 2.47. The molecular weight excluding hydrogens is 190 g/mol. The van der Waals surface area contributed by atoms with E-state index in [1.165, 1.54) is 0 Å². The van der Waals surface area contributed by atoms with Crippen molar-refractivity contribution in [2.45, 2.75) is 19.6 Å². The van der Waals surface area contributed by atoms with Gasteiger partial charge < -0.3 is 9.84 Å². The van der Waals surface area contributed by atoms with Gasteiger partial charge in [-0.25, -0.2) is 0 Å². The number of hydrogen-bond acceptors (Lipinski definition) is 3. The van der Waals surface area contributed by atoms with Crippen molar-refractivity contribution in [2.75, 3.05) is 21.2 Å². The van der Waals surface area contributed by atoms with Crippen molar-refractivity contribution in [1.29, 1.82) is 0 Å². The van der Waals surface area contributed by atoms with E-state index in [4.69, 9.17) is 4.74 Å². The van der Waals surface area contributed by atoms with Crippen LogP contribution in [0.5, 0.6) is 5.75 Å². The van der Waals surface area contributed by atoms with Crippen molar-refractivity contribution in [1.82, 2.24) is 4.90 Å². The van der Waals surface area contributed by atoms with E-state index in [1.54, 1.807) is 12.0 Å². The highest BCUT2D eigenvalue weighted by Gasteiger charge is 2.11. The van der Waals surface area contributed by atoms with Gasteiger partial charge in [-0.05, 0) is 43.8 Å². The molecular formula is C12H19NO2. The number of rotatable bonds is 4. The normalized spacial score (nSPS) is 12.9. The number of nitrogens with zero attached hydrogens (tertiary/aromatic N) is 1. The zero-order valence-electron chi connectivity index (χ0n) is 9.82. The average molecular weight is 209 g/mol. The molecule has 3 nitrogen and oxygen atoms in total. The summed E-state index contributed by atoms with van der Waals surface area (Å²) in [5, 5.41) is 9.87. The third-order valence-electron chi connectivity index (χ3n) is 2.47. The first kappa shape index (κ1) is 12.0. The lowest BCUT2D eigenvalue weighted by atomic mass is 10.1. The van der Waals surface area contributed by atoms with Crippen LogP contribution in [-0.4, -0.2) is 31.2 Å². The smallest absolute Gasteiger partial charge is 0.133 e. The zero-order valence-corrected chi connectivity index (χ0v) is 9.82. The lowest BCUT2D eigenvalue weighted by molar-refractivity contribution is 0.0394. The maximum Gasteiger partial charge on any atom is 0.133 e. The Kier molecular flexibility index (Phi) is 4.12. The van der Waals surface area contributed by atoms with Gasteiger partial charge in [0.15, 0.2) is 0 Å². The van der Waals surface area contributed by atoms with Gasteiger partial charge in [0.2, 0.25) is 0 Å². The number of ether oxygens (including phenoxy) is 1. The molecule has 0 spiro atoms. The van der Waals surface area contributed by atoms with Gasteiger partial charge >= 0.3 is 0 Å². The minimum absolute atomic E-state index is 0.554. The number of aryl methyl sites for hydroxylation is 1. The highest BCUT2D eigenvalue weighted by atomic mass is 16.5. The molecule has 0 aliphatic heterocycles. The quantitative estimate of drug-likeness (QED) is 0.768. The third kappa shape index (κ3) is 2.70. The molecule has 1 aromatic carbocycles. The van der Waals surface area contributed by atoms with E-state index in [9.17, 15) is 5.11 Å². The Morgan fingerprint density at radius 1 is 1.40 bits per heavy atom. The largest absolute Gasteiger partial charge is 0.496 e. The first-order valence-electron chi connectivity index (χ1n) is 5.11. The molecule has 0 saturated heterocycles. The second-order valence-corrected chi connectivity index (χ2v) is 3.76. The van der Waals surface area contributed by atoms with E-state index < -0.39 is 6.23 Å². The van der Waals surface area contributed by atoms with Crippen LogP contribution in [0.4, 0.5) is 0 Å². The predicted octanol–water partition coefficient (Wildman–Crippen LogP) is 1.81. The number of aliphatic hydroxyl groups excluding tert-OH is 1. The Morgan fingerprint density at radius 2 is 2.07 bits per heavy atom. The van der Waals surface area contributed by atoms with Crippen molar-refractivity contribution in [3.8, 4) is 5.75 Å². The lowest BCUT2D eigenvalue weighted by Crippen LogP contribution is -2.19. The summed E-state index contributed by atoms with van der Waals surface area (Å²) in [6.07, 6.45) is 0.346. The fraction of sp³-hybridized carbons (Fsp3) is 0.500. The molecule has 1 unspecified atom stereocenters. The molecule has 3 heteroatoms. The van der Waals surface area contributed by atoms with Crippen molar-refractivity contribution in [3.63, 3.8) is 0 Å². The van der Waals surface area contributed by atoms with Gasteiger partial charge in [0, 0.05) is 0 Å². The summed E-state index contributed by atoms with van der Waals surface area (Å²) in [7, 11) is 5.36. The topological polar surface area (TPSA) is 32.7 Å². The summed E-state index contributed by atoms with van der Waals surface area (Å²) in [5.41, 5.74) is 2.02. The van der Waals surface area contributed by atoms with E-state index in [2.05, 4.69) is 6.92 Å². The fourth-order valence-corrected chi connectivity index (χ4v) is 1.53. The van der Waals surface area contributed by atoms with E-state index >= 15 is 0 Å². The van der Waals surface area contributed by atoms with Crippen LogP contribution in [0.2, 0.25) is 0 Å². The van der Waals surface area contributed by atoms with Gasteiger partial charge in [0.25, 0.3) is 0 Å². The standard InChI is InChI=1S/C12H19NO2/c1-5-9-8-10(12(14)13(2)3)6-7-11(9)15-4/h6-8,12,14H,5H2,1-4H3. The average Bonchev–Trinajstić information content (AvgIpc) is 2.26. The lowest BCUT2D eigenvalue weighted by Gasteiger charge is -2.20. The van der Waals surface area contributed by atoms with Gasteiger partial charge in [-0.2, -0.15) is 0 Å². The molecule has 84 valence electrons. The highest BCUT2D eigenvalue weighted by Crippen LogP contribution is 2.24. The first-order valence-corrected chi connectivity index (χ1v) is 5.11. The molecule has 0 aromatic heterocycles. The van der Waals surface area contributed by atoms with Crippen molar-refractivity contribution >= 4 is 0 Å². The summed E-state index contributed by atoms with van der Waals surface area (Å²) in [6.45, 7) is 2.07. The SMILES string of the molecule is CCc1cc(C(O)N(C)C)ccc1OC.